The number of carbonyl (C=O) groups excluding carboxylic acids is 2. The molecule has 180 valence electrons. The summed E-state index contributed by atoms with van der Waals surface area (Å²) in [6, 6.07) is 15.2. The van der Waals surface area contributed by atoms with Crippen molar-refractivity contribution in [2.45, 2.75) is 39.8 Å². The van der Waals surface area contributed by atoms with Crippen molar-refractivity contribution in [1.82, 2.24) is 15.4 Å². The number of aromatic nitrogens is 1. The van der Waals surface area contributed by atoms with E-state index in [0.717, 1.165) is 16.9 Å². The Morgan fingerprint density at radius 1 is 1.09 bits per heavy atom. The minimum atomic E-state index is -0.405. The van der Waals surface area contributed by atoms with Gasteiger partial charge < -0.3 is 19.5 Å². The maximum absolute atomic E-state index is 13.0. The predicted octanol–water partition coefficient (Wildman–Crippen LogP) is 4.37. The molecular weight excluding hydrogens is 437 g/mol. The maximum Gasteiger partial charge on any atom is 0.273 e. The summed E-state index contributed by atoms with van der Waals surface area (Å²) in [4.78, 5) is 27.0. The van der Waals surface area contributed by atoms with Crippen molar-refractivity contribution in [2.24, 2.45) is 5.92 Å². The van der Waals surface area contributed by atoms with Crippen LogP contribution in [0.15, 0.2) is 59.1 Å². The molecule has 0 atom stereocenters. The highest BCUT2D eigenvalue weighted by Crippen LogP contribution is 2.15. The molecule has 0 aliphatic rings. The van der Waals surface area contributed by atoms with Gasteiger partial charge in [-0.15, -0.1) is 0 Å². The molecule has 0 aliphatic carbocycles. The molecule has 7 nitrogen and oxygen atoms in total. The van der Waals surface area contributed by atoms with Crippen LogP contribution < -0.4 is 10.1 Å². The number of ether oxygens (including phenoxy) is 1. The van der Waals surface area contributed by atoms with Crippen LogP contribution >= 0.6 is 0 Å². The molecule has 3 aromatic rings. The molecular formula is C26H30FN3O4. The lowest BCUT2D eigenvalue weighted by Gasteiger charge is -2.22. The molecule has 0 spiro atoms. The van der Waals surface area contributed by atoms with E-state index in [9.17, 15) is 14.0 Å². The SMILES string of the molecule is COc1ccc(CCN(Cc2cc(C(=O)NCc3ccc(F)cc3)no2)C(=O)CC(C)C)cc1. The highest BCUT2D eigenvalue weighted by atomic mass is 19.1. The first-order valence-corrected chi connectivity index (χ1v) is 11.2. The fourth-order valence-electron chi connectivity index (χ4n) is 3.38. The van der Waals surface area contributed by atoms with E-state index in [4.69, 9.17) is 9.26 Å². The Labute approximate surface area is 198 Å². The van der Waals surface area contributed by atoms with E-state index in [-0.39, 0.29) is 36.4 Å². The fraction of sp³-hybridized carbons (Fsp3) is 0.346. The third-order valence-corrected chi connectivity index (χ3v) is 5.27. The molecule has 2 aromatic carbocycles. The Bertz CT molecular complexity index is 1080. The molecule has 0 bridgehead atoms. The van der Waals surface area contributed by atoms with Crippen molar-refractivity contribution in [2.75, 3.05) is 13.7 Å². The predicted molar refractivity (Wildman–Crippen MR) is 126 cm³/mol. The largest absolute Gasteiger partial charge is 0.497 e. The zero-order chi connectivity index (χ0) is 24.5. The van der Waals surface area contributed by atoms with E-state index in [2.05, 4.69) is 10.5 Å². The molecule has 3 rings (SSSR count). The lowest BCUT2D eigenvalue weighted by Crippen LogP contribution is -2.33. The molecule has 0 saturated heterocycles. The van der Waals surface area contributed by atoms with Crippen LogP contribution in [0.5, 0.6) is 5.75 Å². The summed E-state index contributed by atoms with van der Waals surface area (Å²) >= 11 is 0. The second-order valence-electron chi connectivity index (χ2n) is 8.50. The number of rotatable bonds is 11. The van der Waals surface area contributed by atoms with Gasteiger partial charge in [-0.05, 0) is 47.7 Å². The van der Waals surface area contributed by atoms with Crippen LogP contribution in [0.25, 0.3) is 0 Å². The van der Waals surface area contributed by atoms with Crippen LogP contribution in [0.4, 0.5) is 4.39 Å². The molecule has 1 aromatic heterocycles. The van der Waals surface area contributed by atoms with Gasteiger partial charge in [0.1, 0.15) is 11.6 Å². The van der Waals surface area contributed by atoms with Gasteiger partial charge in [-0.1, -0.05) is 43.3 Å². The Balaban J connectivity index is 1.61. The Morgan fingerprint density at radius 3 is 2.41 bits per heavy atom. The van der Waals surface area contributed by atoms with Gasteiger partial charge in [0.15, 0.2) is 11.5 Å². The van der Waals surface area contributed by atoms with Gasteiger partial charge in [-0.2, -0.15) is 0 Å². The van der Waals surface area contributed by atoms with Gasteiger partial charge in [-0.3, -0.25) is 9.59 Å². The van der Waals surface area contributed by atoms with E-state index in [1.807, 2.05) is 38.1 Å². The number of halogens is 1. The van der Waals surface area contributed by atoms with Gasteiger partial charge in [0, 0.05) is 25.6 Å². The van der Waals surface area contributed by atoms with E-state index in [1.54, 1.807) is 30.2 Å². The average molecular weight is 468 g/mol. The highest BCUT2D eigenvalue weighted by Gasteiger charge is 2.19. The molecule has 1 N–H and O–H groups in total. The quantitative estimate of drug-likeness (QED) is 0.453. The number of carbonyl (C=O) groups is 2. The van der Waals surface area contributed by atoms with Crippen molar-refractivity contribution < 1.29 is 23.2 Å². The first-order valence-electron chi connectivity index (χ1n) is 11.2. The second-order valence-corrected chi connectivity index (χ2v) is 8.50. The number of hydrogen-bond acceptors (Lipinski definition) is 5. The normalized spacial score (nSPS) is 10.9. The number of amides is 2. The van der Waals surface area contributed by atoms with E-state index in [1.165, 1.54) is 12.1 Å². The summed E-state index contributed by atoms with van der Waals surface area (Å²) in [6.07, 6.45) is 1.09. The van der Waals surface area contributed by atoms with Gasteiger partial charge in [0.05, 0.1) is 13.7 Å². The Morgan fingerprint density at radius 2 is 1.76 bits per heavy atom. The number of benzene rings is 2. The minimum absolute atomic E-state index is 0.0159. The summed E-state index contributed by atoms with van der Waals surface area (Å²) in [5.41, 5.74) is 1.98. The van der Waals surface area contributed by atoms with E-state index >= 15 is 0 Å². The van der Waals surface area contributed by atoms with Gasteiger partial charge >= 0.3 is 0 Å². The monoisotopic (exact) mass is 467 g/mol. The minimum Gasteiger partial charge on any atom is -0.497 e. The molecule has 2 amide bonds. The van der Waals surface area contributed by atoms with Gasteiger partial charge in [0.25, 0.3) is 5.91 Å². The lowest BCUT2D eigenvalue weighted by atomic mass is 10.1. The van der Waals surface area contributed by atoms with Crippen molar-refractivity contribution in [3.8, 4) is 5.75 Å². The first kappa shape index (κ1) is 25.0. The molecule has 0 aliphatic heterocycles. The molecule has 8 heteroatoms. The van der Waals surface area contributed by atoms with E-state index in [0.29, 0.717) is 25.1 Å². The number of nitrogens with zero attached hydrogens (tertiary/aromatic N) is 2. The number of nitrogens with one attached hydrogen (secondary N) is 1. The summed E-state index contributed by atoms with van der Waals surface area (Å²) < 4.78 is 23.6. The van der Waals surface area contributed by atoms with Crippen molar-refractivity contribution in [3.05, 3.63) is 83.0 Å². The highest BCUT2D eigenvalue weighted by molar-refractivity contribution is 5.92. The van der Waals surface area contributed by atoms with Crippen molar-refractivity contribution >= 4 is 11.8 Å². The molecule has 34 heavy (non-hydrogen) atoms. The third-order valence-electron chi connectivity index (χ3n) is 5.27. The summed E-state index contributed by atoms with van der Waals surface area (Å²) in [6.45, 7) is 4.96. The zero-order valence-corrected chi connectivity index (χ0v) is 19.7. The fourth-order valence-corrected chi connectivity index (χ4v) is 3.38. The maximum atomic E-state index is 13.0. The van der Waals surface area contributed by atoms with Gasteiger partial charge in [-0.25, -0.2) is 4.39 Å². The summed E-state index contributed by atoms with van der Waals surface area (Å²) in [5.74, 6) is 0.709. The number of methoxy groups -OCH3 is 1. The van der Waals surface area contributed by atoms with Crippen LogP contribution in [0.3, 0.4) is 0 Å². The van der Waals surface area contributed by atoms with Gasteiger partial charge in [0.2, 0.25) is 5.91 Å². The molecule has 1 heterocycles. The standard InChI is InChI=1S/C26H30FN3O4/c1-18(2)14-25(31)30(13-12-19-6-10-22(33-3)11-7-19)17-23-15-24(29-34-23)26(32)28-16-20-4-8-21(27)9-5-20/h4-11,15,18H,12-14,16-17H2,1-3H3,(H,28,32). The number of hydrogen-bond donors (Lipinski definition) is 1. The first-order chi connectivity index (χ1) is 16.3. The second kappa shape index (κ2) is 12.0. The van der Waals surface area contributed by atoms with Crippen LogP contribution in [0.2, 0.25) is 0 Å². The topological polar surface area (TPSA) is 84.7 Å². The van der Waals surface area contributed by atoms with Crippen molar-refractivity contribution in [3.63, 3.8) is 0 Å². The Kier molecular flexibility index (Phi) is 8.79. The smallest absolute Gasteiger partial charge is 0.273 e. The Hall–Kier alpha value is -3.68. The molecule has 0 radical (unpaired) electrons. The summed E-state index contributed by atoms with van der Waals surface area (Å²) in [7, 11) is 1.62. The zero-order valence-electron chi connectivity index (χ0n) is 19.7. The van der Waals surface area contributed by atoms with Crippen LogP contribution in [0, 0.1) is 11.7 Å². The lowest BCUT2D eigenvalue weighted by molar-refractivity contribution is -0.132. The molecule has 0 saturated carbocycles. The van der Waals surface area contributed by atoms with E-state index < -0.39 is 5.91 Å². The van der Waals surface area contributed by atoms with Crippen LogP contribution in [-0.4, -0.2) is 35.5 Å². The average Bonchev–Trinajstić information content (AvgIpc) is 3.30. The van der Waals surface area contributed by atoms with Crippen LogP contribution in [-0.2, 0) is 24.3 Å². The summed E-state index contributed by atoms with van der Waals surface area (Å²) in [5, 5.41) is 6.59. The van der Waals surface area contributed by atoms with Crippen molar-refractivity contribution in [1.29, 1.82) is 0 Å². The molecule has 0 unspecified atom stereocenters. The van der Waals surface area contributed by atoms with Crippen LogP contribution in [0.1, 0.15) is 47.6 Å². The molecule has 0 fully saturated rings. The third kappa shape index (κ3) is 7.43.